The van der Waals surface area contributed by atoms with Gasteiger partial charge in [0.05, 0.1) is 11.0 Å². The van der Waals surface area contributed by atoms with Gasteiger partial charge in [0.1, 0.15) is 5.82 Å². The fraction of sp³-hybridized carbons (Fsp3) is 0.0513. The molecule has 0 fully saturated rings. The second-order valence-corrected chi connectivity index (χ2v) is 10.7. The van der Waals surface area contributed by atoms with E-state index in [9.17, 15) is 0 Å². The summed E-state index contributed by atoms with van der Waals surface area (Å²) in [5.74, 6) is 1.46. The van der Waals surface area contributed by atoms with E-state index in [2.05, 4.69) is 156 Å². The molecule has 0 saturated heterocycles. The average Bonchev–Trinajstić information content (AvgIpc) is 3.44. The van der Waals surface area contributed by atoms with Crippen molar-refractivity contribution in [1.29, 1.82) is 0 Å². The molecule has 1 aromatic heterocycles. The highest BCUT2D eigenvalue weighted by atomic mass is 15.1. The molecule has 0 amide bonds. The van der Waals surface area contributed by atoms with Crippen LogP contribution in [0.5, 0.6) is 0 Å². The first-order valence-electron chi connectivity index (χ1n) is 14.2. The monoisotopic (exact) mass is 524 g/mol. The minimum atomic E-state index is 0.233. The number of benzene rings is 5. The molecular weight excluding hydrogens is 496 g/mol. The SMILES string of the molecule is C1=CC2=C(c3ccccc3)c3ccccc3C(c3ccc(-n4c(-c5ccccc5)nc5ccccc54)cc3)C2C=C1. The molecule has 2 aliphatic carbocycles. The Morgan fingerprint density at radius 3 is 2.07 bits per heavy atom. The van der Waals surface area contributed by atoms with Crippen LogP contribution in [-0.2, 0) is 0 Å². The zero-order valence-corrected chi connectivity index (χ0v) is 22.6. The molecule has 2 heteroatoms. The summed E-state index contributed by atoms with van der Waals surface area (Å²) in [7, 11) is 0. The van der Waals surface area contributed by atoms with Crippen LogP contribution >= 0.6 is 0 Å². The van der Waals surface area contributed by atoms with Crippen molar-refractivity contribution in [1.82, 2.24) is 9.55 Å². The van der Waals surface area contributed by atoms with Crippen molar-refractivity contribution < 1.29 is 0 Å². The van der Waals surface area contributed by atoms with E-state index in [1.807, 2.05) is 6.07 Å². The van der Waals surface area contributed by atoms with Gasteiger partial charge in [0.15, 0.2) is 0 Å². The van der Waals surface area contributed by atoms with E-state index in [-0.39, 0.29) is 11.8 Å². The molecule has 0 radical (unpaired) electrons. The summed E-state index contributed by atoms with van der Waals surface area (Å²) in [5.41, 5.74) is 12.4. The molecule has 6 aromatic rings. The van der Waals surface area contributed by atoms with Crippen LogP contribution < -0.4 is 0 Å². The highest BCUT2D eigenvalue weighted by molar-refractivity contribution is 5.88. The normalized spacial score (nSPS) is 17.5. The van der Waals surface area contributed by atoms with E-state index in [1.54, 1.807) is 0 Å². The predicted molar refractivity (Wildman–Crippen MR) is 169 cm³/mol. The quantitative estimate of drug-likeness (QED) is 0.225. The van der Waals surface area contributed by atoms with Gasteiger partial charge in [-0.15, -0.1) is 0 Å². The zero-order chi connectivity index (χ0) is 27.2. The summed E-state index contributed by atoms with van der Waals surface area (Å²) in [6.07, 6.45) is 9.08. The maximum atomic E-state index is 5.03. The lowest BCUT2D eigenvalue weighted by molar-refractivity contribution is 0.649. The number of nitrogens with zero attached hydrogens (tertiary/aromatic N) is 2. The van der Waals surface area contributed by atoms with Gasteiger partial charge >= 0.3 is 0 Å². The molecule has 2 nitrogen and oxygen atoms in total. The second kappa shape index (κ2) is 9.76. The number of imidazole rings is 1. The van der Waals surface area contributed by atoms with Crippen molar-refractivity contribution >= 4 is 16.6 Å². The maximum Gasteiger partial charge on any atom is 0.145 e. The molecule has 2 aliphatic rings. The molecular formula is C39H28N2. The lowest BCUT2D eigenvalue weighted by Gasteiger charge is -2.37. The molecule has 41 heavy (non-hydrogen) atoms. The Hall–Kier alpha value is -5.21. The fourth-order valence-electron chi connectivity index (χ4n) is 6.66. The number of rotatable bonds is 4. The van der Waals surface area contributed by atoms with Crippen LogP contribution in [0.25, 0.3) is 33.7 Å². The third kappa shape index (κ3) is 3.91. The van der Waals surface area contributed by atoms with Gasteiger partial charge in [-0.05, 0) is 57.7 Å². The third-order valence-electron chi connectivity index (χ3n) is 8.44. The van der Waals surface area contributed by atoms with Crippen molar-refractivity contribution in [2.75, 3.05) is 0 Å². The molecule has 2 atom stereocenters. The van der Waals surface area contributed by atoms with E-state index in [1.165, 1.54) is 33.4 Å². The Morgan fingerprint density at radius 1 is 0.585 bits per heavy atom. The van der Waals surface area contributed by atoms with Crippen LogP contribution in [-0.4, -0.2) is 9.55 Å². The minimum Gasteiger partial charge on any atom is -0.292 e. The topological polar surface area (TPSA) is 17.8 Å². The Morgan fingerprint density at radius 2 is 1.27 bits per heavy atom. The number of hydrogen-bond donors (Lipinski definition) is 0. The number of para-hydroxylation sites is 2. The van der Waals surface area contributed by atoms with Gasteiger partial charge in [-0.1, -0.05) is 133 Å². The van der Waals surface area contributed by atoms with Crippen LogP contribution in [0.15, 0.2) is 163 Å². The van der Waals surface area contributed by atoms with Gasteiger partial charge < -0.3 is 0 Å². The van der Waals surface area contributed by atoms with Crippen LogP contribution in [0.1, 0.15) is 28.2 Å². The van der Waals surface area contributed by atoms with E-state index in [4.69, 9.17) is 4.98 Å². The summed E-state index contributed by atoms with van der Waals surface area (Å²) in [4.78, 5) is 5.03. The minimum absolute atomic E-state index is 0.233. The Balaban J connectivity index is 1.27. The number of aromatic nitrogens is 2. The molecule has 1 heterocycles. The summed E-state index contributed by atoms with van der Waals surface area (Å²) >= 11 is 0. The largest absolute Gasteiger partial charge is 0.292 e. The number of allylic oxidation sites excluding steroid dienone is 5. The second-order valence-electron chi connectivity index (χ2n) is 10.7. The summed E-state index contributed by atoms with van der Waals surface area (Å²) < 4.78 is 2.28. The maximum absolute atomic E-state index is 5.03. The summed E-state index contributed by atoms with van der Waals surface area (Å²) in [5, 5.41) is 0. The van der Waals surface area contributed by atoms with Crippen LogP contribution in [0, 0.1) is 5.92 Å². The first-order valence-corrected chi connectivity index (χ1v) is 14.2. The molecule has 2 unspecified atom stereocenters. The van der Waals surface area contributed by atoms with E-state index in [0.717, 1.165) is 28.1 Å². The van der Waals surface area contributed by atoms with Gasteiger partial charge in [-0.3, -0.25) is 4.57 Å². The highest BCUT2D eigenvalue weighted by Gasteiger charge is 2.35. The van der Waals surface area contributed by atoms with E-state index in [0.29, 0.717) is 0 Å². The van der Waals surface area contributed by atoms with Crippen LogP contribution in [0.4, 0.5) is 0 Å². The Labute approximate surface area is 240 Å². The van der Waals surface area contributed by atoms with Crippen LogP contribution in [0.3, 0.4) is 0 Å². The lowest BCUT2D eigenvalue weighted by atomic mass is 9.66. The molecule has 0 aliphatic heterocycles. The van der Waals surface area contributed by atoms with Gasteiger partial charge in [0, 0.05) is 23.1 Å². The van der Waals surface area contributed by atoms with Gasteiger partial charge in [-0.25, -0.2) is 4.98 Å². The van der Waals surface area contributed by atoms with Gasteiger partial charge in [0.25, 0.3) is 0 Å². The van der Waals surface area contributed by atoms with Crippen molar-refractivity contribution in [3.05, 3.63) is 186 Å². The number of hydrogen-bond acceptors (Lipinski definition) is 1. The molecule has 5 aromatic carbocycles. The van der Waals surface area contributed by atoms with Gasteiger partial charge in [-0.2, -0.15) is 0 Å². The molecule has 0 N–H and O–H groups in total. The first kappa shape index (κ1) is 23.7. The van der Waals surface area contributed by atoms with E-state index < -0.39 is 0 Å². The first-order chi connectivity index (χ1) is 20.4. The third-order valence-corrected chi connectivity index (χ3v) is 8.44. The van der Waals surface area contributed by atoms with Crippen molar-refractivity contribution in [2.45, 2.75) is 5.92 Å². The smallest absolute Gasteiger partial charge is 0.145 e. The molecule has 8 rings (SSSR count). The van der Waals surface area contributed by atoms with Crippen molar-refractivity contribution in [3.63, 3.8) is 0 Å². The predicted octanol–water partition coefficient (Wildman–Crippen LogP) is 9.38. The molecule has 0 saturated carbocycles. The standard InChI is InChI=1S/C39H28N2/c1-3-13-27(14-4-1)37-31-17-7-9-19-33(31)38(34-20-10-8-18-32(34)37)28-23-25-30(26-24-28)41-36-22-12-11-21-35(36)40-39(41)29-15-5-2-6-16-29/h1-26,33,38H. The average molecular weight is 525 g/mol. The van der Waals surface area contributed by atoms with Crippen molar-refractivity contribution in [3.8, 4) is 17.1 Å². The number of fused-ring (bicyclic) bond motifs is 3. The Kier molecular flexibility index (Phi) is 5.63. The lowest BCUT2D eigenvalue weighted by Crippen LogP contribution is -2.22. The summed E-state index contributed by atoms with van der Waals surface area (Å²) in [6.45, 7) is 0. The molecule has 194 valence electrons. The summed E-state index contributed by atoms with van der Waals surface area (Å²) in [6, 6.07) is 47.8. The highest BCUT2D eigenvalue weighted by Crippen LogP contribution is 2.50. The van der Waals surface area contributed by atoms with E-state index >= 15 is 0 Å². The van der Waals surface area contributed by atoms with Crippen molar-refractivity contribution in [2.24, 2.45) is 5.92 Å². The fourth-order valence-corrected chi connectivity index (χ4v) is 6.66. The van der Waals surface area contributed by atoms with Gasteiger partial charge in [0.2, 0.25) is 0 Å². The zero-order valence-electron chi connectivity index (χ0n) is 22.6. The Bertz CT molecular complexity index is 1970. The molecule has 0 bridgehead atoms. The van der Waals surface area contributed by atoms with Crippen LogP contribution in [0.2, 0.25) is 0 Å². The molecule has 0 spiro atoms.